The van der Waals surface area contributed by atoms with Gasteiger partial charge < -0.3 is 15.3 Å². The number of nitrogens with one attached hydrogen (secondary N) is 1. The third-order valence-electron chi connectivity index (χ3n) is 5.36. The van der Waals surface area contributed by atoms with Gasteiger partial charge in [-0.1, -0.05) is 17.7 Å². The normalized spacial score (nSPS) is 16.0. The summed E-state index contributed by atoms with van der Waals surface area (Å²) in [7, 11) is 1.50. The average molecular weight is 464 g/mol. The number of carboxylic acid groups (broad SMARTS) is 1. The molecule has 8 nitrogen and oxygen atoms in total. The quantitative estimate of drug-likeness (QED) is 0.557. The van der Waals surface area contributed by atoms with Gasteiger partial charge in [0.2, 0.25) is 5.95 Å². The molecule has 3 aromatic rings. The van der Waals surface area contributed by atoms with E-state index in [9.17, 15) is 23.5 Å². The molecule has 2 aromatic heterocycles. The van der Waals surface area contributed by atoms with E-state index in [-0.39, 0.29) is 28.0 Å². The maximum Gasteiger partial charge on any atom is 0.356 e. The van der Waals surface area contributed by atoms with Gasteiger partial charge in [0.25, 0.3) is 11.5 Å². The van der Waals surface area contributed by atoms with Gasteiger partial charge in [-0.05, 0) is 37.6 Å². The molecule has 32 heavy (non-hydrogen) atoms. The summed E-state index contributed by atoms with van der Waals surface area (Å²) in [5.41, 5.74) is 1.44. The van der Waals surface area contributed by atoms with Crippen LogP contribution in [0.3, 0.4) is 0 Å². The van der Waals surface area contributed by atoms with Crippen LogP contribution in [0.5, 0.6) is 0 Å². The molecule has 0 bridgehead atoms. The summed E-state index contributed by atoms with van der Waals surface area (Å²) in [5, 5.41) is 12.9. The maximum absolute atomic E-state index is 13.4. The number of rotatable bonds is 5. The number of fused-ring (bicyclic) bond motifs is 1. The lowest BCUT2D eigenvalue weighted by Gasteiger charge is -2.40. The highest BCUT2D eigenvalue weighted by Crippen LogP contribution is 2.33. The molecule has 0 radical (unpaired) electrons. The van der Waals surface area contributed by atoms with Gasteiger partial charge in [0.15, 0.2) is 5.69 Å². The summed E-state index contributed by atoms with van der Waals surface area (Å²) < 4.78 is 28.1. The van der Waals surface area contributed by atoms with Crippen molar-refractivity contribution in [3.05, 3.63) is 56.6 Å². The molecule has 1 atom stereocenters. The molecule has 1 aromatic carbocycles. The van der Waals surface area contributed by atoms with E-state index < -0.39 is 31.0 Å². The second kappa shape index (κ2) is 7.70. The molecule has 2 N–H and O–H groups in total. The Hall–Kier alpha value is -3.27. The number of halogens is 3. The minimum atomic E-state index is -2.81. The molecule has 0 aliphatic carbocycles. The van der Waals surface area contributed by atoms with Crippen LogP contribution in [-0.2, 0) is 7.05 Å². The predicted octanol–water partition coefficient (Wildman–Crippen LogP) is 3.62. The van der Waals surface area contributed by atoms with Crippen LogP contribution < -0.4 is 15.8 Å². The molecular weight excluding hydrogens is 444 g/mol. The van der Waals surface area contributed by atoms with Gasteiger partial charge in [0, 0.05) is 12.6 Å². The third kappa shape index (κ3) is 3.86. The number of carbonyl (C=O) groups is 1. The molecule has 168 valence electrons. The van der Waals surface area contributed by atoms with Crippen LogP contribution in [0.4, 0.5) is 20.4 Å². The van der Waals surface area contributed by atoms with Crippen LogP contribution in [0.1, 0.15) is 34.6 Å². The van der Waals surface area contributed by atoms with Crippen molar-refractivity contribution in [3.8, 4) is 0 Å². The molecule has 4 rings (SSSR count). The fraction of sp³-hybridized carbons (Fsp3) is 0.333. The lowest BCUT2D eigenvalue weighted by atomic mass is 10.0. The van der Waals surface area contributed by atoms with Gasteiger partial charge in [-0.3, -0.25) is 9.36 Å². The molecule has 0 unspecified atom stereocenters. The van der Waals surface area contributed by atoms with E-state index in [2.05, 4.69) is 15.3 Å². The van der Waals surface area contributed by atoms with E-state index in [0.717, 1.165) is 5.56 Å². The number of aromatic nitrogens is 3. The van der Waals surface area contributed by atoms with Crippen molar-refractivity contribution in [1.29, 1.82) is 0 Å². The predicted molar refractivity (Wildman–Crippen MR) is 117 cm³/mol. The van der Waals surface area contributed by atoms with Crippen molar-refractivity contribution in [2.75, 3.05) is 23.3 Å². The van der Waals surface area contributed by atoms with E-state index >= 15 is 0 Å². The number of aromatic carboxylic acids is 1. The molecular formula is C21H20ClF2N5O3. The van der Waals surface area contributed by atoms with Crippen molar-refractivity contribution in [2.24, 2.45) is 7.05 Å². The Morgan fingerprint density at radius 1 is 1.28 bits per heavy atom. The second-order valence-corrected chi connectivity index (χ2v) is 8.33. The van der Waals surface area contributed by atoms with Crippen molar-refractivity contribution < 1.29 is 18.7 Å². The van der Waals surface area contributed by atoms with Gasteiger partial charge in [-0.25, -0.2) is 23.5 Å². The van der Waals surface area contributed by atoms with Gasteiger partial charge in [0.1, 0.15) is 5.15 Å². The Morgan fingerprint density at radius 3 is 2.59 bits per heavy atom. The topological polar surface area (TPSA) is 100 Å². The van der Waals surface area contributed by atoms with E-state index in [1.54, 1.807) is 13.0 Å². The zero-order valence-corrected chi connectivity index (χ0v) is 18.2. The first-order valence-corrected chi connectivity index (χ1v) is 10.1. The number of carboxylic acids is 1. The summed E-state index contributed by atoms with van der Waals surface area (Å²) in [6.07, 6.45) is 0. The van der Waals surface area contributed by atoms with E-state index in [1.807, 2.05) is 13.0 Å². The van der Waals surface area contributed by atoms with E-state index in [1.165, 1.54) is 28.6 Å². The number of alkyl halides is 2. The fourth-order valence-corrected chi connectivity index (χ4v) is 3.98. The lowest BCUT2D eigenvalue weighted by molar-refractivity contribution is -0.0275. The molecule has 11 heteroatoms. The molecule has 3 heterocycles. The summed E-state index contributed by atoms with van der Waals surface area (Å²) >= 11 is 5.82. The van der Waals surface area contributed by atoms with Gasteiger partial charge in [0.05, 0.1) is 35.7 Å². The minimum absolute atomic E-state index is 0.0442. The highest BCUT2D eigenvalue weighted by molar-refractivity contribution is 6.29. The summed E-state index contributed by atoms with van der Waals surface area (Å²) in [6, 6.07) is 6.01. The molecule has 1 fully saturated rings. The molecule has 0 saturated carbocycles. The standard InChI is InChI=1S/C21H20ClF2N5O3/c1-10-6-12(11(2)25-14-4-5-15(22)26-17(14)19(31)32)16-13(7-10)18(30)28(3)20(27-16)29-8-21(23,24)9-29/h4-7,11,25H,8-9H2,1-3H3,(H,31,32)/t11-/m1/s1. The molecule has 1 aliphatic rings. The van der Waals surface area contributed by atoms with Gasteiger partial charge >= 0.3 is 5.97 Å². The first-order valence-electron chi connectivity index (χ1n) is 9.77. The zero-order valence-electron chi connectivity index (χ0n) is 17.5. The van der Waals surface area contributed by atoms with Crippen molar-refractivity contribution in [2.45, 2.75) is 25.8 Å². The number of pyridine rings is 1. The third-order valence-corrected chi connectivity index (χ3v) is 5.57. The molecule has 1 saturated heterocycles. The number of hydrogen-bond acceptors (Lipinski definition) is 6. The van der Waals surface area contributed by atoms with Crippen LogP contribution in [0.25, 0.3) is 10.9 Å². The van der Waals surface area contributed by atoms with Crippen molar-refractivity contribution in [1.82, 2.24) is 14.5 Å². The number of aryl methyl sites for hydroxylation is 1. The highest BCUT2D eigenvalue weighted by atomic mass is 35.5. The smallest absolute Gasteiger partial charge is 0.356 e. The summed E-state index contributed by atoms with van der Waals surface area (Å²) in [4.78, 5) is 34.3. The molecule has 0 spiro atoms. The Balaban J connectivity index is 1.81. The summed E-state index contributed by atoms with van der Waals surface area (Å²) in [6.45, 7) is 2.59. The van der Waals surface area contributed by atoms with E-state index in [0.29, 0.717) is 16.5 Å². The zero-order chi connectivity index (χ0) is 23.4. The number of hydrogen-bond donors (Lipinski definition) is 2. The first kappa shape index (κ1) is 21.9. The monoisotopic (exact) mass is 463 g/mol. The van der Waals surface area contributed by atoms with Gasteiger partial charge in [-0.2, -0.15) is 0 Å². The minimum Gasteiger partial charge on any atom is -0.476 e. The largest absolute Gasteiger partial charge is 0.476 e. The van der Waals surface area contributed by atoms with Gasteiger partial charge in [-0.15, -0.1) is 0 Å². The lowest BCUT2D eigenvalue weighted by Crippen LogP contribution is -2.57. The molecule has 0 amide bonds. The highest BCUT2D eigenvalue weighted by Gasteiger charge is 2.45. The van der Waals surface area contributed by atoms with Crippen LogP contribution in [0.15, 0.2) is 29.1 Å². The molecule has 1 aliphatic heterocycles. The maximum atomic E-state index is 13.4. The summed E-state index contributed by atoms with van der Waals surface area (Å²) in [5.74, 6) is -3.90. The average Bonchev–Trinajstić information content (AvgIpc) is 2.69. The number of benzene rings is 1. The second-order valence-electron chi connectivity index (χ2n) is 7.94. The Kier molecular flexibility index (Phi) is 5.28. The van der Waals surface area contributed by atoms with Crippen LogP contribution in [0.2, 0.25) is 5.15 Å². The Bertz CT molecular complexity index is 1300. The van der Waals surface area contributed by atoms with Crippen LogP contribution >= 0.6 is 11.6 Å². The van der Waals surface area contributed by atoms with E-state index in [4.69, 9.17) is 11.6 Å². The number of nitrogens with zero attached hydrogens (tertiary/aromatic N) is 4. The SMILES string of the molecule is Cc1cc([C@@H](C)Nc2ccc(Cl)nc2C(=O)O)c2nc(N3CC(F)(F)C3)n(C)c(=O)c2c1. The Labute approximate surface area is 186 Å². The number of anilines is 2. The van der Waals surface area contributed by atoms with Crippen molar-refractivity contribution >= 4 is 40.1 Å². The Morgan fingerprint density at radius 2 is 1.97 bits per heavy atom. The van der Waals surface area contributed by atoms with Crippen molar-refractivity contribution in [3.63, 3.8) is 0 Å². The van der Waals surface area contributed by atoms with Crippen LogP contribution in [-0.4, -0.2) is 44.6 Å². The van der Waals surface area contributed by atoms with Crippen LogP contribution in [0, 0.1) is 6.92 Å². The fourth-order valence-electron chi connectivity index (χ4n) is 3.83. The first-order chi connectivity index (χ1) is 15.0.